The number of benzene rings is 2. The molecule has 0 saturated heterocycles. The molecule has 2 N–H and O–H groups in total. The number of carbonyl (C=O) groups is 2. The van der Waals surface area contributed by atoms with Crippen molar-refractivity contribution in [2.45, 2.75) is 18.0 Å². The van der Waals surface area contributed by atoms with Crippen molar-refractivity contribution < 1.29 is 36.1 Å². The maximum atomic E-state index is 13.4. The highest BCUT2D eigenvalue weighted by molar-refractivity contribution is 7.93. The average Bonchev–Trinajstić information content (AvgIpc) is 2.80. The molecule has 13 heteroatoms. The number of hydrogen-bond acceptors (Lipinski definition) is 6. The van der Waals surface area contributed by atoms with Crippen molar-refractivity contribution in [3.05, 3.63) is 77.2 Å². The fourth-order valence-corrected chi connectivity index (χ4v) is 4.36. The number of aromatic nitrogens is 1. The second-order valence-corrected chi connectivity index (χ2v) is 10.1. The summed E-state index contributed by atoms with van der Waals surface area (Å²) in [6.45, 7) is 1.39. The van der Waals surface area contributed by atoms with E-state index in [4.69, 9.17) is 4.74 Å². The number of alkyl halides is 3. The van der Waals surface area contributed by atoms with E-state index in [9.17, 15) is 31.4 Å². The molecule has 0 radical (unpaired) electrons. The summed E-state index contributed by atoms with van der Waals surface area (Å²) in [5, 5.41) is 5.03. The van der Waals surface area contributed by atoms with Crippen LogP contribution in [0.15, 0.2) is 64.0 Å². The fourth-order valence-electron chi connectivity index (χ4n) is 3.12. The number of aryl methyl sites for hydroxylation is 1. The first-order valence-electron chi connectivity index (χ1n) is 10.6. The molecule has 1 atom stereocenters. The minimum Gasteiger partial charge on any atom is -0.438 e. The van der Waals surface area contributed by atoms with Crippen molar-refractivity contribution in [3.63, 3.8) is 0 Å². The summed E-state index contributed by atoms with van der Waals surface area (Å²) in [6, 6.07) is 9.66. The van der Waals surface area contributed by atoms with Gasteiger partial charge in [0.25, 0.3) is 11.8 Å². The van der Waals surface area contributed by atoms with Gasteiger partial charge in [0.2, 0.25) is 5.88 Å². The van der Waals surface area contributed by atoms with Gasteiger partial charge in [-0.25, -0.2) is 13.6 Å². The lowest BCUT2D eigenvalue weighted by atomic mass is 10.1. The zero-order valence-corrected chi connectivity index (χ0v) is 20.7. The standard InChI is InChI=1S/C24H22F4N4O4S/c1-14-9-16(25)7-8-20(14)36-23-19(10-15(12-30-23)24(26,27)28)22(34)31-17-5-4-6-18(11-17)37(3,35)32-21(33)13-29-2/h4-12,29H,13H2,1-3H3,(H,31,34)/t37-/m1/s1. The first kappa shape index (κ1) is 27.7. The first-order valence-corrected chi connectivity index (χ1v) is 12.5. The largest absolute Gasteiger partial charge is 0.438 e. The third kappa shape index (κ3) is 7.11. The Morgan fingerprint density at radius 3 is 2.51 bits per heavy atom. The van der Waals surface area contributed by atoms with Gasteiger partial charge in [0.15, 0.2) is 0 Å². The van der Waals surface area contributed by atoms with E-state index in [1.165, 1.54) is 50.6 Å². The lowest BCUT2D eigenvalue weighted by Crippen LogP contribution is -2.18. The molecule has 0 spiro atoms. The summed E-state index contributed by atoms with van der Waals surface area (Å²) < 4.78 is 75.6. The Kier molecular flexibility index (Phi) is 8.28. The van der Waals surface area contributed by atoms with Gasteiger partial charge in [0.05, 0.1) is 21.8 Å². The minimum atomic E-state index is -4.79. The number of anilines is 1. The van der Waals surface area contributed by atoms with Crippen molar-refractivity contribution in [2.24, 2.45) is 4.36 Å². The Morgan fingerprint density at radius 2 is 1.86 bits per heavy atom. The van der Waals surface area contributed by atoms with Crippen LogP contribution in [0.2, 0.25) is 0 Å². The first-order chi connectivity index (χ1) is 17.3. The monoisotopic (exact) mass is 538 g/mol. The van der Waals surface area contributed by atoms with Crippen LogP contribution in [0.4, 0.5) is 23.2 Å². The summed E-state index contributed by atoms with van der Waals surface area (Å²) in [5.74, 6) is -2.55. The Morgan fingerprint density at radius 1 is 1.14 bits per heavy atom. The van der Waals surface area contributed by atoms with E-state index in [0.717, 1.165) is 12.1 Å². The summed E-state index contributed by atoms with van der Waals surface area (Å²) in [6.07, 6.45) is -3.03. The molecule has 2 aromatic carbocycles. The summed E-state index contributed by atoms with van der Waals surface area (Å²) in [4.78, 5) is 28.7. The number of nitrogens with zero attached hydrogens (tertiary/aromatic N) is 2. The number of carbonyl (C=O) groups excluding carboxylic acids is 2. The Hall–Kier alpha value is -3.84. The van der Waals surface area contributed by atoms with Crippen LogP contribution in [0.1, 0.15) is 21.5 Å². The second kappa shape index (κ2) is 11.0. The number of likely N-dealkylation sites (N-methyl/N-ethyl adjacent to an activating group) is 1. The van der Waals surface area contributed by atoms with E-state index >= 15 is 0 Å². The number of pyridine rings is 1. The van der Waals surface area contributed by atoms with E-state index in [0.29, 0.717) is 17.8 Å². The van der Waals surface area contributed by atoms with Gasteiger partial charge >= 0.3 is 6.18 Å². The van der Waals surface area contributed by atoms with Gasteiger partial charge < -0.3 is 15.4 Å². The SMILES string of the molecule is CNCC(=O)N=[S@](C)(=O)c1cccc(NC(=O)c2cc(C(F)(F)F)cnc2Oc2ccc(F)cc2C)c1. The van der Waals surface area contributed by atoms with E-state index in [2.05, 4.69) is 20.0 Å². The Labute approximate surface area is 210 Å². The van der Waals surface area contributed by atoms with E-state index in [1.807, 2.05) is 0 Å². The predicted molar refractivity (Wildman–Crippen MR) is 129 cm³/mol. The average molecular weight is 539 g/mol. The Bertz CT molecular complexity index is 1470. The van der Waals surface area contributed by atoms with Gasteiger partial charge in [-0.1, -0.05) is 6.07 Å². The van der Waals surface area contributed by atoms with E-state index in [-0.39, 0.29) is 22.9 Å². The molecule has 37 heavy (non-hydrogen) atoms. The topological polar surface area (TPSA) is 110 Å². The van der Waals surface area contributed by atoms with Crippen LogP contribution in [-0.2, 0) is 20.7 Å². The number of hydrogen-bond donors (Lipinski definition) is 2. The molecule has 1 heterocycles. The van der Waals surface area contributed by atoms with Crippen LogP contribution < -0.4 is 15.4 Å². The summed E-state index contributed by atoms with van der Waals surface area (Å²) in [5.41, 5.74) is -1.33. The quantitative estimate of drug-likeness (QED) is 0.419. The van der Waals surface area contributed by atoms with Crippen molar-refractivity contribution in [2.75, 3.05) is 25.2 Å². The van der Waals surface area contributed by atoms with Crippen LogP contribution >= 0.6 is 0 Å². The predicted octanol–water partition coefficient (Wildman–Crippen LogP) is 4.80. The van der Waals surface area contributed by atoms with E-state index in [1.54, 1.807) is 0 Å². The zero-order chi connectivity index (χ0) is 27.4. The molecule has 1 aromatic heterocycles. The molecule has 0 saturated carbocycles. The smallest absolute Gasteiger partial charge is 0.417 e. The van der Waals surface area contributed by atoms with E-state index < -0.39 is 50.5 Å². The molecular weight excluding hydrogens is 516 g/mol. The van der Waals surface area contributed by atoms with Crippen molar-refractivity contribution in [1.29, 1.82) is 0 Å². The lowest BCUT2D eigenvalue weighted by molar-refractivity contribution is -0.137. The molecule has 196 valence electrons. The van der Waals surface area contributed by atoms with Gasteiger partial charge in [0.1, 0.15) is 17.1 Å². The van der Waals surface area contributed by atoms with Gasteiger partial charge in [-0.15, -0.1) is 0 Å². The third-order valence-electron chi connectivity index (χ3n) is 4.90. The third-order valence-corrected chi connectivity index (χ3v) is 6.58. The molecule has 0 aliphatic rings. The molecule has 3 rings (SSSR count). The zero-order valence-electron chi connectivity index (χ0n) is 19.9. The van der Waals surface area contributed by atoms with Gasteiger partial charge in [-0.3, -0.25) is 9.59 Å². The van der Waals surface area contributed by atoms with Crippen molar-refractivity contribution >= 4 is 27.2 Å². The normalized spacial score (nSPS) is 12.9. The molecule has 2 amide bonds. The summed E-state index contributed by atoms with van der Waals surface area (Å²) in [7, 11) is -1.64. The number of ether oxygens (including phenoxy) is 1. The highest BCUT2D eigenvalue weighted by Crippen LogP contribution is 2.34. The highest BCUT2D eigenvalue weighted by atomic mass is 32.2. The lowest BCUT2D eigenvalue weighted by Gasteiger charge is -2.15. The molecule has 8 nitrogen and oxygen atoms in total. The molecule has 0 fully saturated rings. The van der Waals surface area contributed by atoms with Crippen molar-refractivity contribution in [3.8, 4) is 11.6 Å². The van der Waals surface area contributed by atoms with Crippen LogP contribution in [-0.4, -0.2) is 40.9 Å². The van der Waals surface area contributed by atoms with Crippen LogP contribution in [0.3, 0.4) is 0 Å². The Balaban J connectivity index is 1.98. The molecule has 0 aliphatic heterocycles. The maximum absolute atomic E-state index is 13.4. The van der Waals surface area contributed by atoms with Crippen molar-refractivity contribution in [1.82, 2.24) is 10.3 Å². The van der Waals surface area contributed by atoms with Crippen LogP contribution in [0.5, 0.6) is 11.6 Å². The fraction of sp³-hybridized carbons (Fsp3) is 0.208. The molecule has 0 aliphatic carbocycles. The summed E-state index contributed by atoms with van der Waals surface area (Å²) >= 11 is 0. The molecule has 0 bridgehead atoms. The van der Waals surface area contributed by atoms with Crippen LogP contribution in [0, 0.1) is 12.7 Å². The van der Waals surface area contributed by atoms with Gasteiger partial charge in [0, 0.05) is 23.0 Å². The van der Waals surface area contributed by atoms with Gasteiger partial charge in [-0.2, -0.15) is 17.5 Å². The van der Waals surface area contributed by atoms with Crippen LogP contribution in [0.25, 0.3) is 0 Å². The number of nitrogens with one attached hydrogen (secondary N) is 2. The number of halogens is 4. The second-order valence-electron chi connectivity index (χ2n) is 7.89. The number of amides is 2. The maximum Gasteiger partial charge on any atom is 0.417 e. The highest BCUT2D eigenvalue weighted by Gasteiger charge is 2.33. The number of rotatable bonds is 7. The molecular formula is C24H22F4N4O4S. The molecule has 3 aromatic rings. The van der Waals surface area contributed by atoms with Gasteiger partial charge in [-0.05, 0) is 62.0 Å². The molecule has 0 unspecified atom stereocenters. The minimum absolute atomic E-state index is 0.0784.